The summed E-state index contributed by atoms with van der Waals surface area (Å²) in [7, 11) is 0. The number of fused-ring (bicyclic) bond motifs is 2. The number of hydrogen-bond donors (Lipinski definition) is 1. The largest absolute Gasteiger partial charge is 0.489 e. The molecule has 0 amide bonds. The van der Waals surface area contributed by atoms with E-state index in [0.717, 1.165) is 33.8 Å². The second kappa shape index (κ2) is 5.35. The van der Waals surface area contributed by atoms with Crippen molar-refractivity contribution in [3.63, 3.8) is 0 Å². The molecule has 0 atom stereocenters. The van der Waals surface area contributed by atoms with E-state index in [1.165, 1.54) is 0 Å². The van der Waals surface area contributed by atoms with Gasteiger partial charge in [0.2, 0.25) is 0 Å². The number of benzene rings is 2. The molecule has 0 radical (unpaired) electrons. The maximum absolute atomic E-state index is 6.45. The summed E-state index contributed by atoms with van der Waals surface area (Å²) >= 11 is 0. The van der Waals surface area contributed by atoms with Gasteiger partial charge in [-0.3, -0.25) is 0 Å². The highest BCUT2D eigenvalue weighted by Crippen LogP contribution is 2.31. The lowest BCUT2D eigenvalue weighted by Crippen LogP contribution is -2.13. The van der Waals surface area contributed by atoms with E-state index in [2.05, 4.69) is 24.3 Å². The summed E-state index contributed by atoms with van der Waals surface area (Å²) in [5.74, 6) is 1.83. The van der Waals surface area contributed by atoms with Gasteiger partial charge in [0.25, 0.3) is 0 Å². The van der Waals surface area contributed by atoms with Gasteiger partial charge in [-0.2, -0.15) is 0 Å². The fourth-order valence-electron chi connectivity index (χ4n) is 2.86. The first-order valence-corrected chi connectivity index (χ1v) is 7.43. The molecule has 2 aromatic carbocycles. The number of hydrogen-bond acceptors (Lipinski definition) is 3. The van der Waals surface area contributed by atoms with Crippen LogP contribution in [0.15, 0.2) is 48.6 Å². The highest BCUT2D eigenvalue weighted by Gasteiger charge is 2.15. The van der Waals surface area contributed by atoms with Gasteiger partial charge >= 0.3 is 0 Å². The van der Waals surface area contributed by atoms with Crippen LogP contribution in [0.1, 0.15) is 28.3 Å². The molecule has 0 saturated carbocycles. The molecule has 2 N–H and O–H groups in total. The molecular formula is C19H17NO2. The predicted molar refractivity (Wildman–Crippen MR) is 88.0 cm³/mol. The summed E-state index contributed by atoms with van der Waals surface area (Å²) in [6, 6.07) is 12.1. The first kappa shape index (κ1) is 13.2. The third kappa shape index (κ3) is 2.30. The Labute approximate surface area is 129 Å². The minimum Gasteiger partial charge on any atom is -0.489 e. The average molecular weight is 291 g/mol. The van der Waals surface area contributed by atoms with Crippen molar-refractivity contribution in [2.24, 2.45) is 5.73 Å². The van der Waals surface area contributed by atoms with Crippen LogP contribution in [0.4, 0.5) is 0 Å². The Kier molecular flexibility index (Phi) is 3.20. The zero-order chi connectivity index (χ0) is 14.9. The molecule has 0 bridgehead atoms. The standard InChI is InChI=1S/C19H17NO2/c20-19(15-5-7-17-13(11-15)3-1-9-21-17)16-6-8-18-14(12-16)4-2-10-22-18/h1-8,11-12,19H,9-10,20H2. The van der Waals surface area contributed by atoms with Gasteiger partial charge in [-0.05, 0) is 47.5 Å². The van der Waals surface area contributed by atoms with Crippen molar-refractivity contribution in [2.45, 2.75) is 6.04 Å². The number of rotatable bonds is 2. The molecule has 2 aromatic rings. The molecule has 2 heterocycles. The molecular weight excluding hydrogens is 274 g/mol. The molecule has 0 unspecified atom stereocenters. The van der Waals surface area contributed by atoms with Crippen molar-refractivity contribution in [3.05, 3.63) is 70.8 Å². The molecule has 2 aliphatic rings. The first-order chi connectivity index (χ1) is 10.8. The summed E-state index contributed by atoms with van der Waals surface area (Å²) in [4.78, 5) is 0. The van der Waals surface area contributed by atoms with E-state index in [0.29, 0.717) is 13.2 Å². The third-order valence-electron chi connectivity index (χ3n) is 4.05. The summed E-state index contributed by atoms with van der Waals surface area (Å²) in [6.45, 7) is 1.27. The molecule has 0 aliphatic carbocycles. The Morgan fingerprint density at radius 2 is 1.27 bits per heavy atom. The molecule has 3 nitrogen and oxygen atoms in total. The van der Waals surface area contributed by atoms with Crippen LogP contribution in [0.2, 0.25) is 0 Å². The van der Waals surface area contributed by atoms with Crippen molar-refractivity contribution < 1.29 is 9.47 Å². The van der Waals surface area contributed by atoms with Crippen molar-refractivity contribution in [2.75, 3.05) is 13.2 Å². The van der Waals surface area contributed by atoms with Gasteiger partial charge in [-0.25, -0.2) is 0 Å². The van der Waals surface area contributed by atoms with E-state index in [9.17, 15) is 0 Å². The molecule has 2 aliphatic heterocycles. The molecule has 3 heteroatoms. The summed E-state index contributed by atoms with van der Waals surface area (Å²) in [5, 5.41) is 0. The smallest absolute Gasteiger partial charge is 0.127 e. The normalized spacial score (nSPS) is 15.0. The van der Waals surface area contributed by atoms with Gasteiger partial charge in [0.15, 0.2) is 0 Å². The van der Waals surface area contributed by atoms with E-state index >= 15 is 0 Å². The van der Waals surface area contributed by atoms with Gasteiger partial charge in [0, 0.05) is 11.1 Å². The minimum atomic E-state index is -0.166. The van der Waals surface area contributed by atoms with Gasteiger partial charge in [-0.1, -0.05) is 24.3 Å². The Balaban J connectivity index is 1.69. The van der Waals surface area contributed by atoms with E-state index in [4.69, 9.17) is 15.2 Å². The van der Waals surface area contributed by atoms with Crippen LogP contribution in [0.3, 0.4) is 0 Å². The maximum atomic E-state index is 6.45. The lowest BCUT2D eigenvalue weighted by atomic mass is 9.95. The van der Waals surface area contributed by atoms with Crippen LogP contribution in [0.5, 0.6) is 11.5 Å². The van der Waals surface area contributed by atoms with Crippen molar-refractivity contribution in [1.29, 1.82) is 0 Å². The highest BCUT2D eigenvalue weighted by molar-refractivity contribution is 5.63. The predicted octanol–water partition coefficient (Wildman–Crippen LogP) is 3.55. The number of nitrogens with two attached hydrogens (primary N) is 1. The van der Waals surface area contributed by atoms with Crippen LogP contribution in [0.25, 0.3) is 12.2 Å². The monoisotopic (exact) mass is 291 g/mol. The molecule has 110 valence electrons. The van der Waals surface area contributed by atoms with Crippen molar-refractivity contribution in [1.82, 2.24) is 0 Å². The summed E-state index contributed by atoms with van der Waals surface area (Å²) in [5.41, 5.74) is 10.8. The maximum Gasteiger partial charge on any atom is 0.127 e. The van der Waals surface area contributed by atoms with Gasteiger partial charge in [0.05, 0.1) is 6.04 Å². The molecule has 0 aromatic heterocycles. The zero-order valence-corrected chi connectivity index (χ0v) is 12.2. The summed E-state index contributed by atoms with van der Waals surface area (Å²) < 4.78 is 11.2. The summed E-state index contributed by atoms with van der Waals surface area (Å²) in [6.07, 6.45) is 8.19. The highest BCUT2D eigenvalue weighted by atomic mass is 16.5. The Bertz CT molecular complexity index is 711. The van der Waals surface area contributed by atoms with Crippen LogP contribution in [-0.2, 0) is 0 Å². The lowest BCUT2D eigenvalue weighted by Gasteiger charge is -2.19. The molecule has 22 heavy (non-hydrogen) atoms. The van der Waals surface area contributed by atoms with Gasteiger partial charge < -0.3 is 15.2 Å². The van der Waals surface area contributed by atoms with E-state index < -0.39 is 0 Å². The third-order valence-corrected chi connectivity index (χ3v) is 4.05. The second-order valence-electron chi connectivity index (χ2n) is 5.50. The van der Waals surface area contributed by atoms with Crippen molar-refractivity contribution in [3.8, 4) is 11.5 Å². The Morgan fingerprint density at radius 3 is 1.77 bits per heavy atom. The molecule has 0 fully saturated rings. The van der Waals surface area contributed by atoms with E-state index in [-0.39, 0.29) is 6.04 Å². The Hall–Kier alpha value is -2.52. The lowest BCUT2D eigenvalue weighted by molar-refractivity contribution is 0.358. The van der Waals surface area contributed by atoms with Crippen LogP contribution in [0, 0.1) is 0 Å². The quantitative estimate of drug-likeness (QED) is 0.920. The topological polar surface area (TPSA) is 44.5 Å². The minimum absolute atomic E-state index is 0.166. The van der Waals surface area contributed by atoms with Crippen molar-refractivity contribution >= 4 is 12.2 Å². The van der Waals surface area contributed by atoms with E-state index in [1.54, 1.807) is 0 Å². The van der Waals surface area contributed by atoms with E-state index in [1.807, 2.05) is 36.4 Å². The SMILES string of the molecule is NC(c1ccc2c(c1)C=CCO2)c1ccc2c(c1)C=CCO2. The van der Waals surface area contributed by atoms with Gasteiger partial charge in [0.1, 0.15) is 24.7 Å². The van der Waals surface area contributed by atoms with Crippen LogP contribution < -0.4 is 15.2 Å². The number of ether oxygens (including phenoxy) is 2. The molecule has 0 saturated heterocycles. The first-order valence-electron chi connectivity index (χ1n) is 7.43. The zero-order valence-electron chi connectivity index (χ0n) is 12.2. The molecule has 4 rings (SSSR count). The van der Waals surface area contributed by atoms with Gasteiger partial charge in [-0.15, -0.1) is 0 Å². The van der Waals surface area contributed by atoms with Crippen LogP contribution in [-0.4, -0.2) is 13.2 Å². The molecule has 0 spiro atoms. The second-order valence-corrected chi connectivity index (χ2v) is 5.50. The average Bonchev–Trinajstić information content (AvgIpc) is 2.60. The fourth-order valence-corrected chi connectivity index (χ4v) is 2.86. The van der Waals surface area contributed by atoms with Crippen LogP contribution >= 0.6 is 0 Å². The fraction of sp³-hybridized carbons (Fsp3) is 0.158. The Morgan fingerprint density at radius 1 is 0.773 bits per heavy atom.